The Balaban J connectivity index is 1.63. The van der Waals surface area contributed by atoms with Gasteiger partial charge in [-0.15, -0.1) is 11.7 Å². The first-order valence-corrected chi connectivity index (χ1v) is 9.60. The van der Waals surface area contributed by atoms with Crippen LogP contribution in [0.15, 0.2) is 72.2 Å². The monoisotopic (exact) mass is 422 g/mol. The van der Waals surface area contributed by atoms with Crippen molar-refractivity contribution in [2.24, 2.45) is 7.05 Å². The van der Waals surface area contributed by atoms with E-state index in [2.05, 4.69) is 22.1 Å². The van der Waals surface area contributed by atoms with E-state index >= 15 is 0 Å². The molecule has 152 valence electrons. The molecule has 2 heterocycles. The fraction of sp³-hybridized carbons (Fsp3) is 0.143. The predicted octanol–water partition coefficient (Wildman–Crippen LogP) is 3.11. The largest absolute Gasteiger partial charge is 0.472 e. The Hall–Kier alpha value is -3.65. The Labute approximate surface area is 177 Å². The van der Waals surface area contributed by atoms with Crippen LogP contribution in [0.5, 0.6) is 5.88 Å². The van der Waals surface area contributed by atoms with Crippen molar-refractivity contribution < 1.29 is 4.74 Å². The zero-order valence-corrected chi connectivity index (χ0v) is 17.0. The van der Waals surface area contributed by atoms with Crippen LogP contribution in [0.25, 0.3) is 11.4 Å². The van der Waals surface area contributed by atoms with Crippen molar-refractivity contribution in [2.45, 2.75) is 13.0 Å². The van der Waals surface area contributed by atoms with E-state index in [0.29, 0.717) is 23.0 Å². The van der Waals surface area contributed by atoms with Crippen LogP contribution in [0, 0.1) is 0 Å². The maximum atomic E-state index is 12.4. The lowest BCUT2D eigenvalue weighted by Gasteiger charge is -2.13. The second-order valence-electron chi connectivity index (χ2n) is 6.57. The Kier molecular flexibility index (Phi) is 5.49. The summed E-state index contributed by atoms with van der Waals surface area (Å²) in [5.41, 5.74) is 2.95. The molecule has 30 heavy (non-hydrogen) atoms. The van der Waals surface area contributed by atoms with Gasteiger partial charge >= 0.3 is 5.69 Å². The van der Waals surface area contributed by atoms with Gasteiger partial charge in [-0.05, 0) is 52.7 Å². The first kappa shape index (κ1) is 19.7. The van der Waals surface area contributed by atoms with Crippen molar-refractivity contribution >= 4 is 11.6 Å². The number of hydrogen-bond donors (Lipinski definition) is 0. The van der Waals surface area contributed by atoms with Crippen LogP contribution in [0.4, 0.5) is 0 Å². The highest BCUT2D eigenvalue weighted by atomic mass is 35.5. The molecular formula is C21H19ClN6O2. The van der Waals surface area contributed by atoms with Gasteiger partial charge in [-0.1, -0.05) is 29.8 Å². The number of aromatic nitrogens is 6. The van der Waals surface area contributed by atoms with Gasteiger partial charge in [0.05, 0.1) is 11.4 Å². The lowest BCUT2D eigenvalue weighted by atomic mass is 10.0. The SMILES string of the molecule is C=CCc1cccc(-n2nnn(C)c2=O)c1COc1ccn(-c2ccc(Cl)cc2)n1. The third kappa shape index (κ3) is 3.90. The van der Waals surface area contributed by atoms with Gasteiger partial charge in [0.1, 0.15) is 6.61 Å². The maximum absolute atomic E-state index is 12.4. The number of hydrogen-bond acceptors (Lipinski definition) is 5. The summed E-state index contributed by atoms with van der Waals surface area (Å²) in [4.78, 5) is 12.4. The average molecular weight is 423 g/mol. The summed E-state index contributed by atoms with van der Waals surface area (Å²) < 4.78 is 10.1. The summed E-state index contributed by atoms with van der Waals surface area (Å²) in [5, 5.41) is 12.9. The van der Waals surface area contributed by atoms with Crippen LogP contribution in [0.2, 0.25) is 5.02 Å². The first-order valence-electron chi connectivity index (χ1n) is 9.22. The van der Waals surface area contributed by atoms with Gasteiger partial charge in [0, 0.05) is 29.9 Å². The van der Waals surface area contributed by atoms with Crippen molar-refractivity contribution in [1.82, 2.24) is 29.6 Å². The molecule has 2 aromatic carbocycles. The van der Waals surface area contributed by atoms with E-state index in [1.807, 2.05) is 36.5 Å². The second-order valence-corrected chi connectivity index (χ2v) is 7.00. The molecule has 4 rings (SSSR count). The van der Waals surface area contributed by atoms with Crippen LogP contribution in [-0.4, -0.2) is 29.6 Å². The normalized spacial score (nSPS) is 10.9. The van der Waals surface area contributed by atoms with Gasteiger partial charge in [0.25, 0.3) is 0 Å². The maximum Gasteiger partial charge on any atom is 0.368 e. The van der Waals surface area contributed by atoms with Gasteiger partial charge in [-0.25, -0.2) is 9.48 Å². The van der Waals surface area contributed by atoms with Crippen LogP contribution in [-0.2, 0) is 20.1 Å². The van der Waals surface area contributed by atoms with Gasteiger partial charge in [0.15, 0.2) is 0 Å². The molecule has 0 bridgehead atoms. The number of benzene rings is 2. The Morgan fingerprint density at radius 2 is 1.93 bits per heavy atom. The van der Waals surface area contributed by atoms with E-state index in [4.69, 9.17) is 16.3 Å². The summed E-state index contributed by atoms with van der Waals surface area (Å²) in [6.45, 7) is 4.02. The molecule has 0 N–H and O–H groups in total. The van der Waals surface area contributed by atoms with E-state index in [0.717, 1.165) is 16.8 Å². The molecule has 4 aromatic rings. The minimum atomic E-state index is -0.334. The lowest BCUT2D eigenvalue weighted by Crippen LogP contribution is -2.23. The van der Waals surface area contributed by atoms with E-state index in [-0.39, 0.29) is 12.3 Å². The fourth-order valence-corrected chi connectivity index (χ4v) is 3.19. The third-order valence-electron chi connectivity index (χ3n) is 4.58. The summed E-state index contributed by atoms with van der Waals surface area (Å²) >= 11 is 5.94. The lowest BCUT2D eigenvalue weighted by molar-refractivity contribution is 0.290. The van der Waals surface area contributed by atoms with Crippen molar-refractivity contribution in [3.05, 3.63) is 94.0 Å². The number of tetrazole rings is 1. The van der Waals surface area contributed by atoms with Gasteiger partial charge in [0.2, 0.25) is 5.88 Å². The summed E-state index contributed by atoms with van der Waals surface area (Å²) in [7, 11) is 1.55. The number of halogens is 1. The number of allylic oxidation sites excluding steroid dienone is 1. The van der Waals surface area contributed by atoms with Crippen molar-refractivity contribution in [3.8, 4) is 17.3 Å². The highest BCUT2D eigenvalue weighted by Gasteiger charge is 2.15. The molecule has 0 aliphatic carbocycles. The van der Waals surface area contributed by atoms with E-state index in [1.54, 1.807) is 36.0 Å². The summed E-state index contributed by atoms with van der Waals surface area (Å²) in [6, 6.07) is 14.8. The van der Waals surface area contributed by atoms with Crippen LogP contribution in [0.3, 0.4) is 0 Å². The quantitative estimate of drug-likeness (QED) is 0.427. The number of aryl methyl sites for hydroxylation is 1. The van der Waals surface area contributed by atoms with E-state index in [9.17, 15) is 4.79 Å². The standard InChI is InChI=1S/C21H19ClN6O2/c1-3-5-15-6-4-7-19(28-21(29)26(2)24-25-28)18(15)14-30-20-12-13-27(23-20)17-10-8-16(22)9-11-17/h3-4,6-13H,1,5,14H2,2H3. The predicted molar refractivity (Wildman–Crippen MR) is 113 cm³/mol. The van der Waals surface area contributed by atoms with Crippen LogP contribution in [0.1, 0.15) is 11.1 Å². The molecule has 0 radical (unpaired) electrons. The van der Waals surface area contributed by atoms with Gasteiger partial charge < -0.3 is 4.74 Å². The molecule has 0 atom stereocenters. The molecule has 0 aliphatic rings. The molecule has 0 spiro atoms. The van der Waals surface area contributed by atoms with Crippen molar-refractivity contribution in [1.29, 1.82) is 0 Å². The Morgan fingerprint density at radius 3 is 2.63 bits per heavy atom. The molecular weight excluding hydrogens is 404 g/mol. The minimum Gasteiger partial charge on any atom is -0.472 e. The first-order chi connectivity index (χ1) is 14.6. The topological polar surface area (TPSA) is 79.8 Å². The second kappa shape index (κ2) is 8.38. The zero-order valence-electron chi connectivity index (χ0n) is 16.3. The smallest absolute Gasteiger partial charge is 0.368 e. The highest BCUT2D eigenvalue weighted by molar-refractivity contribution is 6.30. The molecule has 0 unspecified atom stereocenters. The fourth-order valence-electron chi connectivity index (χ4n) is 3.07. The molecule has 2 aromatic heterocycles. The third-order valence-corrected chi connectivity index (χ3v) is 4.83. The molecule has 8 nitrogen and oxygen atoms in total. The summed E-state index contributed by atoms with van der Waals surface area (Å²) in [6.07, 6.45) is 4.24. The molecule has 0 saturated carbocycles. The van der Waals surface area contributed by atoms with Crippen LogP contribution < -0.4 is 10.4 Å². The van der Waals surface area contributed by atoms with Crippen molar-refractivity contribution in [2.75, 3.05) is 0 Å². The van der Waals surface area contributed by atoms with Gasteiger partial charge in [-0.2, -0.15) is 9.36 Å². The number of nitrogens with zero attached hydrogens (tertiary/aromatic N) is 6. The molecule has 9 heteroatoms. The molecule has 0 aliphatic heterocycles. The molecule has 0 fully saturated rings. The van der Waals surface area contributed by atoms with Crippen molar-refractivity contribution in [3.63, 3.8) is 0 Å². The minimum absolute atomic E-state index is 0.208. The van der Waals surface area contributed by atoms with E-state index < -0.39 is 0 Å². The Bertz CT molecular complexity index is 1240. The average Bonchev–Trinajstić information content (AvgIpc) is 3.35. The molecule has 0 saturated heterocycles. The van der Waals surface area contributed by atoms with Gasteiger partial charge in [-0.3, -0.25) is 0 Å². The van der Waals surface area contributed by atoms with E-state index in [1.165, 1.54) is 9.36 Å². The number of ether oxygens (including phenoxy) is 1. The summed E-state index contributed by atoms with van der Waals surface area (Å²) in [5.74, 6) is 0.454. The zero-order chi connectivity index (χ0) is 21.1. The Morgan fingerprint density at radius 1 is 1.13 bits per heavy atom. The molecule has 0 amide bonds. The number of rotatable bonds is 7. The highest BCUT2D eigenvalue weighted by Crippen LogP contribution is 2.21. The van der Waals surface area contributed by atoms with Crippen LogP contribution >= 0.6 is 11.6 Å².